The Morgan fingerprint density at radius 3 is 2.29 bits per heavy atom. The summed E-state index contributed by atoms with van der Waals surface area (Å²) in [5, 5.41) is 3.62. The first-order valence-corrected chi connectivity index (χ1v) is 17.7. The zero-order valence-corrected chi connectivity index (χ0v) is 29.4. The van der Waals surface area contributed by atoms with Crippen molar-refractivity contribution in [2.24, 2.45) is 0 Å². The van der Waals surface area contributed by atoms with Crippen LogP contribution in [0.15, 0.2) is 120 Å². The molecule has 0 saturated carbocycles. The van der Waals surface area contributed by atoms with Crippen molar-refractivity contribution in [2.75, 3.05) is 20.8 Å². The van der Waals surface area contributed by atoms with Crippen LogP contribution in [0, 0.1) is 0 Å². The van der Waals surface area contributed by atoms with Crippen LogP contribution in [0.5, 0.6) is 11.5 Å². The molecule has 6 aromatic rings. The molecule has 1 aromatic heterocycles. The third-order valence-electron chi connectivity index (χ3n) is 8.53. The Labute approximate surface area is 301 Å². The molecule has 0 fully saturated rings. The van der Waals surface area contributed by atoms with Gasteiger partial charge in [0.1, 0.15) is 34.5 Å². The van der Waals surface area contributed by atoms with E-state index >= 15 is 0 Å². The number of hydrogen-bond donors (Lipinski definition) is 1. The number of amides is 1. The third kappa shape index (κ3) is 9.18. The van der Waals surface area contributed by atoms with Gasteiger partial charge in [-0.25, -0.2) is 0 Å². The molecule has 1 unspecified atom stereocenters. The summed E-state index contributed by atoms with van der Waals surface area (Å²) < 4.78 is 23.2. The standard InChI is InChI=1S/C42H39NO7S/c1-43-40(44)13-8-22-48-33-20-19-32(38(26-33)47-2)27-49-42(46)39(24-29-16-21-37-35(23-29)34-11-6-7-12-36(34)50-37)51-41(45)25-28-14-17-31(18-15-28)30-9-4-3-5-10-30/h3-7,9-12,14-21,23,26,39H,8,13,22,24-25,27H2,1-2H3,(H,43,44). The second-order valence-corrected chi connectivity index (χ2v) is 13.3. The summed E-state index contributed by atoms with van der Waals surface area (Å²) in [6.45, 7) is 0.325. The van der Waals surface area contributed by atoms with Crippen LogP contribution >= 0.6 is 11.8 Å². The van der Waals surface area contributed by atoms with Gasteiger partial charge in [0.15, 0.2) is 5.12 Å². The first kappa shape index (κ1) is 35.3. The fourth-order valence-electron chi connectivity index (χ4n) is 5.82. The van der Waals surface area contributed by atoms with Crippen molar-refractivity contribution in [3.8, 4) is 22.6 Å². The Balaban J connectivity index is 1.15. The number of thioether (sulfide) groups is 1. The highest BCUT2D eigenvalue weighted by atomic mass is 32.2. The van der Waals surface area contributed by atoms with Crippen molar-refractivity contribution in [2.45, 2.75) is 37.5 Å². The van der Waals surface area contributed by atoms with Gasteiger partial charge >= 0.3 is 5.97 Å². The van der Waals surface area contributed by atoms with Gasteiger partial charge < -0.3 is 23.9 Å². The highest BCUT2D eigenvalue weighted by Gasteiger charge is 2.26. The van der Waals surface area contributed by atoms with Crippen LogP contribution in [0.4, 0.5) is 0 Å². The second kappa shape index (κ2) is 16.9. The van der Waals surface area contributed by atoms with Crippen LogP contribution in [0.2, 0.25) is 0 Å². The topological polar surface area (TPSA) is 104 Å². The summed E-state index contributed by atoms with van der Waals surface area (Å²) in [7, 11) is 3.14. The van der Waals surface area contributed by atoms with Crippen molar-refractivity contribution in [3.05, 3.63) is 132 Å². The van der Waals surface area contributed by atoms with Crippen LogP contribution in [-0.4, -0.2) is 43.0 Å². The number of esters is 1. The number of para-hydroxylation sites is 1. The normalized spacial score (nSPS) is 11.6. The Kier molecular flexibility index (Phi) is 11.7. The number of hydrogen-bond acceptors (Lipinski definition) is 8. The van der Waals surface area contributed by atoms with Gasteiger partial charge in [0.05, 0.1) is 13.7 Å². The quantitative estimate of drug-likeness (QED) is 0.0842. The molecule has 0 aliphatic carbocycles. The molecule has 1 heterocycles. The Hall–Kier alpha value is -5.54. The van der Waals surface area contributed by atoms with Gasteiger partial charge in [-0.15, -0.1) is 0 Å². The largest absolute Gasteiger partial charge is 0.496 e. The number of carbonyl (C=O) groups excluding carboxylic acids is 3. The number of nitrogens with one attached hydrogen (secondary N) is 1. The minimum atomic E-state index is -0.786. The molecule has 8 nitrogen and oxygen atoms in total. The fourth-order valence-corrected chi connectivity index (χ4v) is 6.83. The molecule has 9 heteroatoms. The summed E-state index contributed by atoms with van der Waals surface area (Å²) in [5.74, 6) is 0.543. The van der Waals surface area contributed by atoms with Gasteiger partial charge in [0, 0.05) is 42.3 Å². The van der Waals surface area contributed by atoms with E-state index in [2.05, 4.69) is 5.32 Å². The molecule has 0 saturated heterocycles. The molecular weight excluding hydrogens is 663 g/mol. The molecule has 0 aliphatic rings. The lowest BCUT2D eigenvalue weighted by Crippen LogP contribution is -2.25. The highest BCUT2D eigenvalue weighted by molar-refractivity contribution is 8.14. The van der Waals surface area contributed by atoms with Gasteiger partial charge in [-0.05, 0) is 65.4 Å². The molecule has 0 aliphatic heterocycles. The second-order valence-electron chi connectivity index (χ2n) is 12.1. The van der Waals surface area contributed by atoms with E-state index in [4.69, 9.17) is 18.6 Å². The molecule has 0 bridgehead atoms. The summed E-state index contributed by atoms with van der Waals surface area (Å²) >= 11 is 1.000. The molecule has 1 atom stereocenters. The average Bonchev–Trinajstić information content (AvgIpc) is 3.54. The summed E-state index contributed by atoms with van der Waals surface area (Å²) in [6, 6.07) is 36.9. The van der Waals surface area contributed by atoms with Crippen molar-refractivity contribution >= 4 is 50.7 Å². The maximum Gasteiger partial charge on any atom is 0.320 e. The molecule has 6 rings (SSSR count). The fraction of sp³-hybridized carbons (Fsp3) is 0.214. The van der Waals surface area contributed by atoms with Gasteiger partial charge in [0.25, 0.3) is 0 Å². The molecule has 51 heavy (non-hydrogen) atoms. The zero-order chi connectivity index (χ0) is 35.6. The van der Waals surface area contributed by atoms with Crippen LogP contribution in [-0.2, 0) is 38.6 Å². The number of furan rings is 1. The minimum Gasteiger partial charge on any atom is -0.496 e. The Bertz CT molecular complexity index is 2130. The number of benzene rings is 5. The van der Waals surface area contributed by atoms with Crippen LogP contribution in [0.1, 0.15) is 29.5 Å². The van der Waals surface area contributed by atoms with Gasteiger partial charge in [-0.2, -0.15) is 0 Å². The van der Waals surface area contributed by atoms with Crippen molar-refractivity contribution in [3.63, 3.8) is 0 Å². The summed E-state index contributed by atoms with van der Waals surface area (Å²) in [4.78, 5) is 38.7. The lowest BCUT2D eigenvalue weighted by atomic mass is 10.0. The Morgan fingerprint density at radius 2 is 1.51 bits per heavy atom. The first-order chi connectivity index (χ1) is 24.9. The highest BCUT2D eigenvalue weighted by Crippen LogP contribution is 2.32. The van der Waals surface area contributed by atoms with Crippen molar-refractivity contribution in [1.29, 1.82) is 0 Å². The Morgan fingerprint density at radius 1 is 0.784 bits per heavy atom. The minimum absolute atomic E-state index is 0.0421. The predicted molar refractivity (Wildman–Crippen MR) is 201 cm³/mol. The SMILES string of the molecule is CNC(=O)CCCOc1ccc(COC(=O)C(Cc2ccc3oc4ccccc4c3c2)SC(=O)Cc2ccc(-c3ccccc3)cc2)c(OC)c1. The molecule has 260 valence electrons. The van der Waals surface area contributed by atoms with Gasteiger partial charge in [-0.3, -0.25) is 14.4 Å². The van der Waals surface area contributed by atoms with Crippen LogP contribution in [0.25, 0.3) is 33.1 Å². The van der Waals surface area contributed by atoms with E-state index in [0.717, 1.165) is 56.0 Å². The molecule has 1 amide bonds. The van der Waals surface area contributed by atoms with E-state index in [-0.39, 0.29) is 30.5 Å². The zero-order valence-electron chi connectivity index (χ0n) is 28.6. The molecular formula is C42H39NO7S. The number of ether oxygens (including phenoxy) is 3. The predicted octanol–water partition coefficient (Wildman–Crippen LogP) is 8.32. The number of carbonyl (C=O) groups is 3. The van der Waals surface area contributed by atoms with Crippen molar-refractivity contribution < 1.29 is 33.0 Å². The van der Waals surface area contributed by atoms with Crippen LogP contribution in [0.3, 0.4) is 0 Å². The van der Waals surface area contributed by atoms with E-state index in [1.54, 1.807) is 25.2 Å². The number of methoxy groups -OCH3 is 1. The van der Waals surface area contributed by atoms with E-state index in [1.807, 2.05) is 97.1 Å². The molecule has 0 spiro atoms. The van der Waals surface area contributed by atoms with E-state index in [0.29, 0.717) is 36.5 Å². The maximum absolute atomic E-state index is 13.7. The van der Waals surface area contributed by atoms with Crippen LogP contribution < -0.4 is 14.8 Å². The van der Waals surface area contributed by atoms with E-state index < -0.39 is 11.2 Å². The van der Waals surface area contributed by atoms with E-state index in [1.165, 1.54) is 7.11 Å². The molecule has 0 radical (unpaired) electrons. The maximum atomic E-state index is 13.7. The molecule has 5 aromatic carbocycles. The van der Waals surface area contributed by atoms with Gasteiger partial charge in [-0.1, -0.05) is 90.6 Å². The molecule has 1 N–H and O–H groups in total. The lowest BCUT2D eigenvalue weighted by Gasteiger charge is -2.17. The first-order valence-electron chi connectivity index (χ1n) is 16.8. The third-order valence-corrected chi connectivity index (χ3v) is 9.58. The smallest absolute Gasteiger partial charge is 0.320 e. The lowest BCUT2D eigenvalue weighted by molar-refractivity contribution is -0.144. The van der Waals surface area contributed by atoms with E-state index in [9.17, 15) is 14.4 Å². The number of rotatable bonds is 15. The summed E-state index contributed by atoms with van der Waals surface area (Å²) in [6.07, 6.45) is 1.41. The number of fused-ring (bicyclic) bond motifs is 3. The van der Waals surface area contributed by atoms with Crippen molar-refractivity contribution in [1.82, 2.24) is 5.32 Å². The van der Waals surface area contributed by atoms with Gasteiger partial charge in [0.2, 0.25) is 5.91 Å². The summed E-state index contributed by atoms with van der Waals surface area (Å²) in [5.41, 5.74) is 6.13. The average molecular weight is 702 g/mol. The monoisotopic (exact) mass is 701 g/mol.